The molecule has 0 spiro atoms. The van der Waals surface area contributed by atoms with Crippen molar-refractivity contribution < 1.29 is 23.9 Å². The van der Waals surface area contributed by atoms with Crippen molar-refractivity contribution in [3.05, 3.63) is 34.9 Å². The van der Waals surface area contributed by atoms with E-state index in [-0.39, 0.29) is 0 Å². The average Bonchev–Trinajstić information content (AvgIpc) is 2.63. The van der Waals surface area contributed by atoms with E-state index in [1.807, 2.05) is 11.6 Å². The molecule has 3 N–H and O–H groups in total. The summed E-state index contributed by atoms with van der Waals surface area (Å²) in [4.78, 5) is 46.9. The van der Waals surface area contributed by atoms with Gasteiger partial charge in [-0.3, -0.25) is 14.9 Å². The molecule has 0 aliphatic heterocycles. The van der Waals surface area contributed by atoms with Crippen LogP contribution in [0, 0.1) is 0 Å². The highest BCUT2D eigenvalue weighted by Crippen LogP contribution is 2.10. The minimum Gasteiger partial charge on any atom is -0.454 e. The van der Waals surface area contributed by atoms with Gasteiger partial charge < -0.3 is 15.4 Å². The molecule has 0 aliphatic rings. The molecule has 0 radical (unpaired) electrons. The first-order valence-electron chi connectivity index (χ1n) is 7.61. The fourth-order valence-corrected chi connectivity index (χ4v) is 2.39. The van der Waals surface area contributed by atoms with Gasteiger partial charge in [0.2, 0.25) is 0 Å². The molecule has 4 amide bonds. The number of halogens is 1. The Balaban J connectivity index is 2.65. The third kappa shape index (κ3) is 7.75. The molecule has 26 heavy (non-hydrogen) atoms. The minimum absolute atomic E-state index is 0.330. The van der Waals surface area contributed by atoms with Crippen molar-refractivity contribution in [2.24, 2.45) is 0 Å². The predicted molar refractivity (Wildman–Crippen MR) is 99.3 cm³/mol. The lowest BCUT2D eigenvalue weighted by Gasteiger charge is -2.17. The lowest BCUT2D eigenvalue weighted by atomic mass is 10.1. The number of ether oxygens (including phenoxy) is 1. The van der Waals surface area contributed by atoms with Gasteiger partial charge in [0.25, 0.3) is 11.8 Å². The van der Waals surface area contributed by atoms with Crippen molar-refractivity contribution in [1.82, 2.24) is 16.0 Å². The Morgan fingerprint density at radius 2 is 1.85 bits per heavy atom. The fraction of sp³-hybridized carbons (Fsp3) is 0.375. The Hall–Kier alpha value is -2.26. The quantitative estimate of drug-likeness (QED) is 0.564. The highest BCUT2D eigenvalue weighted by molar-refractivity contribution is 7.98. The zero-order valence-electron chi connectivity index (χ0n) is 14.3. The topological polar surface area (TPSA) is 114 Å². The van der Waals surface area contributed by atoms with Crippen molar-refractivity contribution in [3.63, 3.8) is 0 Å². The maximum absolute atomic E-state index is 12.3. The summed E-state index contributed by atoms with van der Waals surface area (Å²) in [5, 5.41) is 7.24. The second kappa shape index (κ2) is 11.4. The third-order valence-corrected chi connectivity index (χ3v) is 4.03. The van der Waals surface area contributed by atoms with Crippen molar-refractivity contribution in [3.8, 4) is 0 Å². The van der Waals surface area contributed by atoms with Crippen molar-refractivity contribution in [2.45, 2.75) is 12.5 Å². The first-order valence-corrected chi connectivity index (χ1v) is 9.38. The van der Waals surface area contributed by atoms with Gasteiger partial charge >= 0.3 is 12.0 Å². The molecule has 1 atom stereocenters. The van der Waals surface area contributed by atoms with Crippen LogP contribution in [0.25, 0.3) is 0 Å². The van der Waals surface area contributed by atoms with E-state index in [0.717, 1.165) is 0 Å². The van der Waals surface area contributed by atoms with Crippen molar-refractivity contribution >= 4 is 47.2 Å². The van der Waals surface area contributed by atoms with Crippen LogP contribution in [0.15, 0.2) is 24.3 Å². The summed E-state index contributed by atoms with van der Waals surface area (Å²) in [5.41, 5.74) is 0.341. The number of thioether (sulfide) groups is 1. The Labute approximate surface area is 160 Å². The molecule has 0 saturated heterocycles. The van der Waals surface area contributed by atoms with E-state index in [9.17, 15) is 19.2 Å². The molecule has 0 bridgehead atoms. The molecule has 0 aromatic heterocycles. The van der Waals surface area contributed by atoms with Gasteiger partial charge in [-0.1, -0.05) is 11.6 Å². The van der Waals surface area contributed by atoms with Crippen molar-refractivity contribution in [2.75, 3.05) is 25.7 Å². The molecule has 1 rings (SSSR count). The third-order valence-electron chi connectivity index (χ3n) is 3.13. The Morgan fingerprint density at radius 3 is 2.42 bits per heavy atom. The van der Waals surface area contributed by atoms with Crippen LogP contribution in [0.2, 0.25) is 5.02 Å². The highest BCUT2D eigenvalue weighted by Gasteiger charge is 2.23. The van der Waals surface area contributed by atoms with Gasteiger partial charge in [0, 0.05) is 17.6 Å². The maximum Gasteiger partial charge on any atom is 0.329 e. The number of rotatable bonds is 8. The second-order valence-corrected chi connectivity index (χ2v) is 6.47. The summed E-state index contributed by atoms with van der Waals surface area (Å²) >= 11 is 7.28. The normalized spacial score (nSPS) is 11.2. The van der Waals surface area contributed by atoms with Gasteiger partial charge in [0.1, 0.15) is 6.04 Å². The molecule has 0 saturated carbocycles. The highest BCUT2D eigenvalue weighted by atomic mass is 35.5. The molecule has 1 aromatic carbocycles. The van der Waals surface area contributed by atoms with Crippen LogP contribution in [0.1, 0.15) is 16.8 Å². The van der Waals surface area contributed by atoms with Gasteiger partial charge in [-0.25, -0.2) is 9.59 Å². The summed E-state index contributed by atoms with van der Waals surface area (Å²) in [7, 11) is 1.35. The van der Waals surface area contributed by atoms with Crippen LogP contribution >= 0.6 is 23.4 Å². The van der Waals surface area contributed by atoms with Gasteiger partial charge in [-0.05, 0) is 42.7 Å². The lowest BCUT2D eigenvalue weighted by Crippen LogP contribution is -2.44. The number of esters is 1. The number of amides is 4. The van der Waals surface area contributed by atoms with Gasteiger partial charge in [-0.15, -0.1) is 0 Å². The number of urea groups is 1. The molecule has 8 nitrogen and oxygen atoms in total. The molecule has 142 valence electrons. The molecule has 0 aliphatic carbocycles. The van der Waals surface area contributed by atoms with Crippen LogP contribution in [0.4, 0.5) is 4.79 Å². The molecule has 1 aromatic rings. The number of carbonyl (C=O) groups excluding carboxylic acids is 4. The molecule has 10 heteroatoms. The van der Waals surface area contributed by atoms with E-state index >= 15 is 0 Å². The Kier molecular flexibility index (Phi) is 9.53. The summed E-state index contributed by atoms with van der Waals surface area (Å²) in [6, 6.07) is 4.57. The summed E-state index contributed by atoms with van der Waals surface area (Å²) in [6.07, 6.45) is 2.19. The smallest absolute Gasteiger partial charge is 0.329 e. The van der Waals surface area contributed by atoms with Crippen LogP contribution in [-0.2, 0) is 14.3 Å². The molecular formula is C16H20ClN3O5S. The van der Waals surface area contributed by atoms with E-state index in [2.05, 4.69) is 10.6 Å². The molecule has 0 unspecified atom stereocenters. The van der Waals surface area contributed by atoms with Gasteiger partial charge in [0.15, 0.2) is 6.61 Å². The molecular weight excluding hydrogens is 382 g/mol. The molecule has 0 heterocycles. The standard InChI is InChI=1S/C16H20ClN3O5S/c1-18-16(24)20-13(21)9-25-15(23)12(7-8-26-2)19-14(22)10-3-5-11(17)6-4-10/h3-6,12H,7-9H2,1-2H3,(H,19,22)(H2,18,20,21,24)/t12-/m1/s1. The van der Waals surface area contributed by atoms with E-state index in [1.165, 1.54) is 30.9 Å². The number of carbonyl (C=O) groups is 4. The maximum atomic E-state index is 12.3. The number of hydrogen-bond donors (Lipinski definition) is 3. The monoisotopic (exact) mass is 401 g/mol. The average molecular weight is 402 g/mol. The SMILES string of the molecule is CNC(=O)NC(=O)COC(=O)[C@@H](CCSC)NC(=O)c1ccc(Cl)cc1. The summed E-state index contributed by atoms with van der Waals surface area (Å²) in [6.45, 7) is -0.626. The van der Waals surface area contributed by atoms with E-state index in [0.29, 0.717) is 22.8 Å². The largest absolute Gasteiger partial charge is 0.454 e. The number of nitrogens with one attached hydrogen (secondary N) is 3. The zero-order valence-corrected chi connectivity index (χ0v) is 15.9. The van der Waals surface area contributed by atoms with Gasteiger partial charge in [0.05, 0.1) is 0 Å². The molecule has 0 fully saturated rings. The fourth-order valence-electron chi connectivity index (χ4n) is 1.79. The minimum atomic E-state index is -0.918. The van der Waals surface area contributed by atoms with E-state index in [1.54, 1.807) is 12.1 Å². The van der Waals surface area contributed by atoms with E-state index < -0.39 is 36.5 Å². The summed E-state index contributed by atoms with van der Waals surface area (Å²) in [5.74, 6) is -1.39. The Morgan fingerprint density at radius 1 is 1.19 bits per heavy atom. The van der Waals surface area contributed by atoms with Crippen molar-refractivity contribution in [1.29, 1.82) is 0 Å². The van der Waals surface area contributed by atoms with Crippen LogP contribution in [-0.4, -0.2) is 55.5 Å². The summed E-state index contributed by atoms with van der Waals surface area (Å²) < 4.78 is 4.89. The predicted octanol–water partition coefficient (Wildman–Crippen LogP) is 1.19. The Bertz CT molecular complexity index is 654. The first kappa shape index (κ1) is 21.8. The number of hydrogen-bond acceptors (Lipinski definition) is 6. The van der Waals surface area contributed by atoms with Gasteiger partial charge in [-0.2, -0.15) is 11.8 Å². The van der Waals surface area contributed by atoms with E-state index in [4.69, 9.17) is 16.3 Å². The first-order chi connectivity index (χ1) is 12.4. The van der Waals surface area contributed by atoms with Crippen LogP contribution in [0.3, 0.4) is 0 Å². The second-order valence-electron chi connectivity index (χ2n) is 5.05. The van der Waals surface area contributed by atoms with Crippen LogP contribution in [0.5, 0.6) is 0 Å². The van der Waals surface area contributed by atoms with Crippen LogP contribution < -0.4 is 16.0 Å². The lowest BCUT2D eigenvalue weighted by molar-refractivity contribution is -0.150. The number of benzene rings is 1. The number of imide groups is 1. The zero-order chi connectivity index (χ0) is 19.5.